The average molecular weight is 319 g/mol. The van der Waals surface area contributed by atoms with Crippen molar-refractivity contribution in [3.05, 3.63) is 35.9 Å². The Morgan fingerprint density at radius 2 is 1.70 bits per heavy atom. The third-order valence-corrected chi connectivity index (χ3v) is 4.75. The molecule has 0 heterocycles. The Kier molecular flexibility index (Phi) is 11.9. The quantitative estimate of drug-likeness (QED) is 0.491. The number of benzene rings is 1. The van der Waals surface area contributed by atoms with Gasteiger partial charge < -0.3 is 10.2 Å². The van der Waals surface area contributed by atoms with Gasteiger partial charge in [-0.2, -0.15) is 0 Å². The first-order chi connectivity index (χ1) is 11.3. The lowest BCUT2D eigenvalue weighted by atomic mass is 10.1. The molecule has 1 aromatic carbocycles. The van der Waals surface area contributed by atoms with E-state index in [1.165, 1.54) is 57.2 Å². The van der Waals surface area contributed by atoms with Crippen LogP contribution in [0.5, 0.6) is 0 Å². The molecule has 0 saturated carbocycles. The van der Waals surface area contributed by atoms with Gasteiger partial charge in [-0.3, -0.25) is 0 Å². The van der Waals surface area contributed by atoms with Gasteiger partial charge in [-0.1, -0.05) is 69.9 Å². The van der Waals surface area contributed by atoms with Crippen LogP contribution in [0.15, 0.2) is 30.3 Å². The minimum absolute atomic E-state index is 0.690. The van der Waals surface area contributed by atoms with E-state index in [0.717, 1.165) is 19.5 Å². The van der Waals surface area contributed by atoms with Gasteiger partial charge in [-0.15, -0.1) is 0 Å². The fraction of sp³-hybridized carbons (Fsp3) is 0.714. The highest BCUT2D eigenvalue weighted by Crippen LogP contribution is 2.08. The maximum absolute atomic E-state index is 3.60. The van der Waals surface area contributed by atoms with Crippen LogP contribution in [0.25, 0.3) is 0 Å². The fourth-order valence-electron chi connectivity index (χ4n) is 3.10. The zero-order chi connectivity index (χ0) is 16.8. The summed E-state index contributed by atoms with van der Waals surface area (Å²) < 4.78 is 0. The van der Waals surface area contributed by atoms with Crippen LogP contribution in [0.3, 0.4) is 0 Å². The van der Waals surface area contributed by atoms with Crippen molar-refractivity contribution in [2.75, 3.05) is 26.2 Å². The molecule has 1 atom stereocenters. The molecule has 1 N–H and O–H groups in total. The van der Waals surface area contributed by atoms with Gasteiger partial charge in [0.25, 0.3) is 0 Å². The highest BCUT2D eigenvalue weighted by atomic mass is 15.1. The van der Waals surface area contributed by atoms with Crippen molar-refractivity contribution in [3.63, 3.8) is 0 Å². The van der Waals surface area contributed by atoms with Crippen molar-refractivity contribution in [1.82, 2.24) is 10.2 Å². The molecule has 0 bridgehead atoms. The second-order valence-corrected chi connectivity index (χ2v) is 6.67. The first-order valence-corrected chi connectivity index (χ1v) is 9.76. The Morgan fingerprint density at radius 1 is 0.957 bits per heavy atom. The van der Waals surface area contributed by atoms with Crippen LogP contribution in [-0.2, 0) is 6.42 Å². The zero-order valence-electron chi connectivity index (χ0n) is 15.7. The Labute approximate surface area is 144 Å². The van der Waals surface area contributed by atoms with Gasteiger partial charge in [-0.25, -0.2) is 0 Å². The molecule has 0 radical (unpaired) electrons. The molecule has 0 saturated heterocycles. The lowest BCUT2D eigenvalue weighted by Gasteiger charge is -2.28. The standard InChI is InChI=1S/C21H38N2/c1-4-6-7-8-12-19-23(5-2)20(3)15-17-22-18-16-21-13-10-9-11-14-21/h9-11,13-14,20,22H,4-8,12,15-19H2,1-3H3. The molecule has 1 aromatic rings. The summed E-state index contributed by atoms with van der Waals surface area (Å²) in [4.78, 5) is 2.64. The van der Waals surface area contributed by atoms with Gasteiger partial charge in [0.1, 0.15) is 0 Å². The molecule has 132 valence electrons. The van der Waals surface area contributed by atoms with Crippen LogP contribution in [-0.4, -0.2) is 37.1 Å². The molecule has 0 amide bonds. The maximum Gasteiger partial charge on any atom is 0.00788 e. The predicted octanol–water partition coefficient (Wildman–Crippen LogP) is 4.89. The lowest BCUT2D eigenvalue weighted by molar-refractivity contribution is 0.204. The molecule has 0 fully saturated rings. The first-order valence-electron chi connectivity index (χ1n) is 9.76. The van der Waals surface area contributed by atoms with E-state index in [4.69, 9.17) is 0 Å². The van der Waals surface area contributed by atoms with Crippen LogP contribution in [0.4, 0.5) is 0 Å². The van der Waals surface area contributed by atoms with E-state index >= 15 is 0 Å². The number of hydrogen-bond acceptors (Lipinski definition) is 2. The minimum atomic E-state index is 0.690. The molecular formula is C21H38N2. The zero-order valence-corrected chi connectivity index (χ0v) is 15.7. The molecule has 2 nitrogen and oxygen atoms in total. The van der Waals surface area contributed by atoms with E-state index in [1.807, 2.05) is 0 Å². The third-order valence-electron chi connectivity index (χ3n) is 4.75. The molecule has 0 aliphatic rings. The summed E-state index contributed by atoms with van der Waals surface area (Å²) in [5.74, 6) is 0. The lowest BCUT2D eigenvalue weighted by Crippen LogP contribution is -2.36. The summed E-state index contributed by atoms with van der Waals surface area (Å²) in [6.07, 6.45) is 9.27. The first kappa shape index (κ1) is 20.2. The normalized spacial score (nSPS) is 12.7. The summed E-state index contributed by atoms with van der Waals surface area (Å²) in [6, 6.07) is 11.4. The summed E-state index contributed by atoms with van der Waals surface area (Å²) >= 11 is 0. The molecule has 0 spiro atoms. The number of unbranched alkanes of at least 4 members (excludes halogenated alkanes) is 4. The van der Waals surface area contributed by atoms with Crippen LogP contribution >= 0.6 is 0 Å². The highest BCUT2D eigenvalue weighted by molar-refractivity contribution is 5.14. The largest absolute Gasteiger partial charge is 0.316 e. The molecular weight excluding hydrogens is 280 g/mol. The van der Waals surface area contributed by atoms with Gasteiger partial charge >= 0.3 is 0 Å². The molecule has 0 aromatic heterocycles. The Hall–Kier alpha value is -0.860. The predicted molar refractivity (Wildman–Crippen MR) is 103 cm³/mol. The van der Waals surface area contributed by atoms with E-state index in [-0.39, 0.29) is 0 Å². The second-order valence-electron chi connectivity index (χ2n) is 6.67. The van der Waals surface area contributed by atoms with Crippen LogP contribution in [0.1, 0.15) is 64.9 Å². The van der Waals surface area contributed by atoms with Gasteiger partial charge in [-0.05, 0) is 57.9 Å². The molecule has 0 aliphatic carbocycles. The maximum atomic E-state index is 3.60. The van der Waals surface area contributed by atoms with Crippen molar-refractivity contribution in [2.45, 2.75) is 71.8 Å². The summed E-state index contributed by atoms with van der Waals surface area (Å²) in [6.45, 7) is 11.6. The van der Waals surface area contributed by atoms with Crippen molar-refractivity contribution >= 4 is 0 Å². The Balaban J connectivity index is 2.07. The van der Waals surface area contributed by atoms with E-state index in [2.05, 4.69) is 61.3 Å². The Bertz CT molecular complexity index is 363. The van der Waals surface area contributed by atoms with Gasteiger partial charge in [0.05, 0.1) is 0 Å². The van der Waals surface area contributed by atoms with E-state index < -0.39 is 0 Å². The topological polar surface area (TPSA) is 15.3 Å². The fourth-order valence-corrected chi connectivity index (χ4v) is 3.10. The smallest absolute Gasteiger partial charge is 0.00788 e. The van der Waals surface area contributed by atoms with Crippen LogP contribution in [0, 0.1) is 0 Å². The highest BCUT2D eigenvalue weighted by Gasteiger charge is 2.10. The average Bonchev–Trinajstić information content (AvgIpc) is 2.58. The van der Waals surface area contributed by atoms with Crippen molar-refractivity contribution < 1.29 is 0 Å². The van der Waals surface area contributed by atoms with Crippen molar-refractivity contribution in [2.24, 2.45) is 0 Å². The molecule has 23 heavy (non-hydrogen) atoms. The van der Waals surface area contributed by atoms with E-state index in [9.17, 15) is 0 Å². The van der Waals surface area contributed by atoms with E-state index in [1.54, 1.807) is 0 Å². The summed E-state index contributed by atoms with van der Waals surface area (Å²) in [7, 11) is 0. The van der Waals surface area contributed by atoms with Crippen molar-refractivity contribution in [1.29, 1.82) is 0 Å². The summed E-state index contributed by atoms with van der Waals surface area (Å²) in [5, 5.41) is 3.60. The monoisotopic (exact) mass is 318 g/mol. The molecule has 0 aliphatic heterocycles. The summed E-state index contributed by atoms with van der Waals surface area (Å²) in [5.41, 5.74) is 1.43. The van der Waals surface area contributed by atoms with Gasteiger partial charge in [0.15, 0.2) is 0 Å². The SMILES string of the molecule is CCCCCCCN(CC)C(C)CCNCCc1ccccc1. The molecule has 1 rings (SSSR count). The van der Waals surface area contributed by atoms with Crippen LogP contribution < -0.4 is 5.32 Å². The molecule has 2 heteroatoms. The van der Waals surface area contributed by atoms with Gasteiger partial charge in [0.2, 0.25) is 0 Å². The number of nitrogens with one attached hydrogen (secondary N) is 1. The number of hydrogen-bond donors (Lipinski definition) is 1. The van der Waals surface area contributed by atoms with Gasteiger partial charge in [0, 0.05) is 6.04 Å². The third kappa shape index (κ3) is 9.78. The number of nitrogens with zero attached hydrogens (tertiary/aromatic N) is 1. The van der Waals surface area contributed by atoms with Crippen LogP contribution in [0.2, 0.25) is 0 Å². The number of rotatable bonds is 14. The van der Waals surface area contributed by atoms with E-state index in [0.29, 0.717) is 6.04 Å². The Morgan fingerprint density at radius 3 is 2.39 bits per heavy atom. The molecule has 1 unspecified atom stereocenters. The minimum Gasteiger partial charge on any atom is -0.316 e. The second kappa shape index (κ2) is 13.6. The van der Waals surface area contributed by atoms with Crippen molar-refractivity contribution in [3.8, 4) is 0 Å².